The first-order valence-electron chi connectivity index (χ1n) is 5.61. The molecule has 0 saturated heterocycles. The van der Waals surface area contributed by atoms with E-state index in [1.165, 1.54) is 6.42 Å². The van der Waals surface area contributed by atoms with Gasteiger partial charge in [0, 0.05) is 11.6 Å². The number of hydrogen-bond acceptors (Lipinski definition) is 3. The van der Waals surface area contributed by atoms with Crippen LogP contribution >= 0.6 is 23.2 Å². The van der Waals surface area contributed by atoms with E-state index >= 15 is 0 Å². The second kappa shape index (κ2) is 3.87. The summed E-state index contributed by atoms with van der Waals surface area (Å²) < 4.78 is 5.77. The third kappa shape index (κ3) is 1.65. The van der Waals surface area contributed by atoms with E-state index in [-0.39, 0.29) is 5.41 Å². The molecule has 0 bridgehead atoms. The molecule has 90 valence electrons. The summed E-state index contributed by atoms with van der Waals surface area (Å²) in [4.78, 5) is 4.48. The van der Waals surface area contributed by atoms with Crippen LogP contribution in [0.1, 0.15) is 25.2 Å². The van der Waals surface area contributed by atoms with Gasteiger partial charge in [0.25, 0.3) is 0 Å². The molecule has 0 amide bonds. The maximum Gasteiger partial charge on any atom is 0.203 e. The fraction of sp³-hybridized carbons (Fsp3) is 0.417. The van der Waals surface area contributed by atoms with Crippen molar-refractivity contribution in [3.63, 3.8) is 0 Å². The Morgan fingerprint density at radius 2 is 2.12 bits per heavy atom. The van der Waals surface area contributed by atoms with Gasteiger partial charge in [-0.1, -0.05) is 29.6 Å². The minimum atomic E-state index is -0.0885. The second-order valence-corrected chi connectivity index (χ2v) is 5.44. The van der Waals surface area contributed by atoms with Gasteiger partial charge in [-0.05, 0) is 25.0 Å². The van der Waals surface area contributed by atoms with Crippen LogP contribution in [0.4, 0.5) is 0 Å². The highest BCUT2D eigenvalue weighted by Crippen LogP contribution is 2.44. The van der Waals surface area contributed by atoms with E-state index in [1.54, 1.807) is 12.1 Å². The third-order valence-corrected chi connectivity index (χ3v) is 4.06. The molecule has 0 spiro atoms. The fourth-order valence-corrected chi connectivity index (χ4v) is 2.82. The molecule has 0 unspecified atom stereocenters. The number of hydrogen-bond donors (Lipinski definition) is 1. The molecule has 2 aromatic rings. The average molecular weight is 271 g/mol. The molecule has 1 heterocycles. The molecular formula is C12H12Cl2N2O. The highest BCUT2D eigenvalue weighted by molar-refractivity contribution is 6.37. The lowest BCUT2D eigenvalue weighted by Crippen LogP contribution is -2.41. The zero-order valence-electron chi connectivity index (χ0n) is 9.17. The Balaban J connectivity index is 2.16. The van der Waals surface area contributed by atoms with E-state index in [9.17, 15) is 0 Å². The van der Waals surface area contributed by atoms with Crippen LogP contribution in [0.5, 0.6) is 0 Å². The van der Waals surface area contributed by atoms with Crippen molar-refractivity contribution >= 4 is 34.3 Å². The van der Waals surface area contributed by atoms with E-state index in [0.717, 1.165) is 12.8 Å². The van der Waals surface area contributed by atoms with Gasteiger partial charge in [0.1, 0.15) is 5.52 Å². The quantitative estimate of drug-likeness (QED) is 0.909. The molecule has 3 rings (SSSR count). The molecule has 1 aliphatic carbocycles. The van der Waals surface area contributed by atoms with Gasteiger partial charge in [-0.3, -0.25) is 0 Å². The molecule has 1 aromatic heterocycles. The molecule has 5 heteroatoms. The van der Waals surface area contributed by atoms with Gasteiger partial charge in [-0.25, -0.2) is 4.98 Å². The first-order valence-corrected chi connectivity index (χ1v) is 6.36. The van der Waals surface area contributed by atoms with Crippen molar-refractivity contribution in [2.75, 3.05) is 6.54 Å². The predicted molar refractivity (Wildman–Crippen MR) is 68.6 cm³/mol. The summed E-state index contributed by atoms with van der Waals surface area (Å²) in [5, 5.41) is 1.07. The van der Waals surface area contributed by atoms with Gasteiger partial charge in [0.15, 0.2) is 5.58 Å². The molecule has 1 saturated carbocycles. The maximum absolute atomic E-state index is 6.08. The Morgan fingerprint density at radius 1 is 1.35 bits per heavy atom. The van der Waals surface area contributed by atoms with E-state index in [1.807, 2.05) is 0 Å². The van der Waals surface area contributed by atoms with Crippen molar-refractivity contribution < 1.29 is 4.42 Å². The van der Waals surface area contributed by atoms with Crippen molar-refractivity contribution in [1.29, 1.82) is 0 Å². The van der Waals surface area contributed by atoms with Crippen molar-refractivity contribution in [3.05, 3.63) is 28.1 Å². The highest BCUT2D eigenvalue weighted by atomic mass is 35.5. The zero-order chi connectivity index (χ0) is 12.0. The van der Waals surface area contributed by atoms with Crippen LogP contribution in [0.15, 0.2) is 16.5 Å². The van der Waals surface area contributed by atoms with Crippen molar-refractivity contribution in [1.82, 2.24) is 4.98 Å². The number of rotatable bonds is 2. The SMILES string of the molecule is NCC1(c2nc3cc(Cl)cc(Cl)c3o2)CCC1. The van der Waals surface area contributed by atoms with Gasteiger partial charge < -0.3 is 10.2 Å². The van der Waals surface area contributed by atoms with Crippen LogP contribution in [0.2, 0.25) is 10.0 Å². The normalized spacial score (nSPS) is 18.3. The van der Waals surface area contributed by atoms with Crippen LogP contribution in [0, 0.1) is 0 Å². The smallest absolute Gasteiger partial charge is 0.203 e. The van der Waals surface area contributed by atoms with Crippen LogP contribution in [-0.4, -0.2) is 11.5 Å². The zero-order valence-corrected chi connectivity index (χ0v) is 10.7. The summed E-state index contributed by atoms with van der Waals surface area (Å²) in [6.07, 6.45) is 3.23. The lowest BCUT2D eigenvalue weighted by molar-refractivity contribution is 0.203. The number of halogens is 2. The average Bonchev–Trinajstić information content (AvgIpc) is 2.61. The number of nitrogens with two attached hydrogens (primary N) is 1. The monoisotopic (exact) mass is 270 g/mol. The second-order valence-electron chi connectivity index (χ2n) is 4.59. The Kier molecular flexibility index (Phi) is 2.58. The van der Waals surface area contributed by atoms with E-state index in [0.29, 0.717) is 33.6 Å². The molecule has 17 heavy (non-hydrogen) atoms. The third-order valence-electron chi connectivity index (χ3n) is 3.56. The van der Waals surface area contributed by atoms with Gasteiger partial charge in [-0.15, -0.1) is 0 Å². The predicted octanol–water partition coefficient (Wildman–Crippen LogP) is 3.52. The minimum absolute atomic E-state index is 0.0885. The Labute approximate surface area is 109 Å². The first kappa shape index (κ1) is 11.3. The summed E-state index contributed by atoms with van der Waals surface area (Å²) in [5.74, 6) is 0.699. The number of nitrogens with zero attached hydrogens (tertiary/aromatic N) is 1. The summed E-state index contributed by atoms with van der Waals surface area (Å²) in [7, 11) is 0. The topological polar surface area (TPSA) is 52.0 Å². The Hall–Kier alpha value is -0.770. The molecule has 1 aromatic carbocycles. The Morgan fingerprint density at radius 3 is 2.71 bits per heavy atom. The fourth-order valence-electron chi connectivity index (χ4n) is 2.30. The highest BCUT2D eigenvalue weighted by Gasteiger charge is 2.42. The van der Waals surface area contributed by atoms with Crippen LogP contribution < -0.4 is 5.73 Å². The van der Waals surface area contributed by atoms with Crippen molar-refractivity contribution in [2.45, 2.75) is 24.7 Å². The largest absolute Gasteiger partial charge is 0.438 e. The summed E-state index contributed by atoms with van der Waals surface area (Å²) in [5.41, 5.74) is 7.05. The summed E-state index contributed by atoms with van der Waals surface area (Å²) in [6, 6.07) is 3.43. The van der Waals surface area contributed by atoms with Gasteiger partial charge in [0.2, 0.25) is 5.89 Å². The number of fused-ring (bicyclic) bond motifs is 1. The molecule has 2 N–H and O–H groups in total. The lowest BCUT2D eigenvalue weighted by atomic mass is 9.69. The minimum Gasteiger partial charge on any atom is -0.438 e. The summed E-state index contributed by atoms with van der Waals surface area (Å²) >= 11 is 12.0. The van der Waals surface area contributed by atoms with E-state index in [2.05, 4.69) is 4.98 Å². The van der Waals surface area contributed by atoms with E-state index < -0.39 is 0 Å². The lowest BCUT2D eigenvalue weighted by Gasteiger charge is -2.37. The van der Waals surface area contributed by atoms with Gasteiger partial charge in [0.05, 0.1) is 10.4 Å². The molecule has 0 aliphatic heterocycles. The number of benzene rings is 1. The van der Waals surface area contributed by atoms with Crippen LogP contribution in [0.25, 0.3) is 11.1 Å². The molecule has 3 nitrogen and oxygen atoms in total. The molecule has 0 atom stereocenters. The molecular weight excluding hydrogens is 259 g/mol. The summed E-state index contributed by atoms with van der Waals surface area (Å²) in [6.45, 7) is 0.561. The molecule has 1 fully saturated rings. The van der Waals surface area contributed by atoms with Crippen LogP contribution in [-0.2, 0) is 5.41 Å². The number of aromatic nitrogens is 1. The van der Waals surface area contributed by atoms with Crippen molar-refractivity contribution in [2.24, 2.45) is 5.73 Å². The van der Waals surface area contributed by atoms with Crippen LogP contribution in [0.3, 0.4) is 0 Å². The molecule has 1 aliphatic rings. The maximum atomic E-state index is 6.08. The van der Waals surface area contributed by atoms with Gasteiger partial charge in [-0.2, -0.15) is 0 Å². The Bertz CT molecular complexity index is 570. The van der Waals surface area contributed by atoms with Crippen molar-refractivity contribution in [3.8, 4) is 0 Å². The van der Waals surface area contributed by atoms with Gasteiger partial charge >= 0.3 is 0 Å². The van der Waals surface area contributed by atoms with E-state index in [4.69, 9.17) is 33.4 Å². The standard InChI is InChI=1S/C12H12Cl2N2O/c13-7-4-8(14)10-9(5-7)16-11(17-10)12(6-15)2-1-3-12/h4-5H,1-3,6,15H2. The molecule has 0 radical (unpaired) electrons. The number of oxazole rings is 1. The first-order chi connectivity index (χ1) is 8.14.